The van der Waals surface area contributed by atoms with Gasteiger partial charge >= 0.3 is 0 Å². The van der Waals surface area contributed by atoms with Gasteiger partial charge in [-0.05, 0) is 6.92 Å². The van der Waals surface area contributed by atoms with Gasteiger partial charge < -0.3 is 10.6 Å². The molecule has 0 saturated carbocycles. The lowest BCUT2D eigenvalue weighted by Crippen LogP contribution is -2.29. The van der Waals surface area contributed by atoms with Crippen molar-refractivity contribution in [1.29, 1.82) is 0 Å². The molecule has 0 fully saturated rings. The fourth-order valence-electron chi connectivity index (χ4n) is 0.978. The van der Waals surface area contributed by atoms with Gasteiger partial charge in [-0.1, -0.05) is 0 Å². The molecule has 2 N–H and O–H groups in total. The fraction of sp³-hybridized carbons (Fsp3) is 0.444. The van der Waals surface area contributed by atoms with Crippen LogP contribution in [0.5, 0.6) is 0 Å². The summed E-state index contributed by atoms with van der Waals surface area (Å²) in [4.78, 5) is 18.9. The highest BCUT2D eigenvalue weighted by Crippen LogP contribution is 2.00. The van der Waals surface area contributed by atoms with E-state index in [1.54, 1.807) is 0 Å². The van der Waals surface area contributed by atoms with Gasteiger partial charge in [0.1, 0.15) is 11.5 Å². The Bertz CT molecular complexity index is 342. The molecular weight excluding hydrogens is 218 g/mol. The summed E-state index contributed by atoms with van der Waals surface area (Å²) in [5.74, 6) is -0.122. The van der Waals surface area contributed by atoms with E-state index in [1.807, 2.05) is 12.2 Å². The predicted octanol–water partition coefficient (Wildman–Crippen LogP) is 0.903. The molecule has 0 aliphatic carbocycles. The van der Waals surface area contributed by atoms with Gasteiger partial charge in [0, 0.05) is 6.54 Å². The third-order valence-corrected chi connectivity index (χ3v) is 1.66. The number of alkyl halides is 2. The first-order valence-corrected chi connectivity index (χ1v) is 4.75. The number of hydrogen-bond donors (Lipinski definition) is 2. The highest BCUT2D eigenvalue weighted by molar-refractivity contribution is 5.91. The van der Waals surface area contributed by atoms with E-state index >= 15 is 0 Å². The molecule has 1 amide bonds. The van der Waals surface area contributed by atoms with E-state index in [4.69, 9.17) is 0 Å². The summed E-state index contributed by atoms with van der Waals surface area (Å²) in [6, 6.07) is 0. The molecule has 0 bridgehead atoms. The molecule has 0 saturated heterocycles. The Morgan fingerprint density at radius 3 is 2.69 bits per heavy atom. The van der Waals surface area contributed by atoms with Gasteiger partial charge in [-0.2, -0.15) is 0 Å². The molecular formula is C9H12F2N4O. The lowest BCUT2D eigenvalue weighted by atomic mass is 10.4. The first kappa shape index (κ1) is 12.3. The number of rotatable bonds is 5. The smallest absolute Gasteiger partial charge is 0.271 e. The predicted molar refractivity (Wildman–Crippen MR) is 54.5 cm³/mol. The Labute approximate surface area is 91.3 Å². The van der Waals surface area contributed by atoms with Crippen molar-refractivity contribution in [2.45, 2.75) is 13.3 Å². The molecule has 1 aromatic heterocycles. The molecule has 0 radical (unpaired) electrons. The van der Waals surface area contributed by atoms with Gasteiger partial charge in [0.25, 0.3) is 12.3 Å². The van der Waals surface area contributed by atoms with Crippen molar-refractivity contribution >= 4 is 11.7 Å². The van der Waals surface area contributed by atoms with Crippen molar-refractivity contribution in [1.82, 2.24) is 15.3 Å². The molecule has 88 valence electrons. The van der Waals surface area contributed by atoms with Crippen LogP contribution in [0.1, 0.15) is 17.4 Å². The Balaban J connectivity index is 2.56. The van der Waals surface area contributed by atoms with Crippen molar-refractivity contribution in [3.63, 3.8) is 0 Å². The van der Waals surface area contributed by atoms with Crippen LogP contribution >= 0.6 is 0 Å². The maximum absolute atomic E-state index is 11.8. The minimum absolute atomic E-state index is 0.0160. The van der Waals surface area contributed by atoms with Gasteiger partial charge in [-0.15, -0.1) is 0 Å². The molecule has 5 nitrogen and oxygen atoms in total. The largest absolute Gasteiger partial charge is 0.369 e. The lowest BCUT2D eigenvalue weighted by molar-refractivity contribution is 0.0886. The summed E-state index contributed by atoms with van der Waals surface area (Å²) in [5, 5.41) is 4.94. The number of nitrogens with one attached hydrogen (secondary N) is 2. The van der Waals surface area contributed by atoms with Crippen LogP contribution in [0.3, 0.4) is 0 Å². The third-order valence-electron chi connectivity index (χ3n) is 1.66. The quantitative estimate of drug-likeness (QED) is 0.788. The molecule has 0 aliphatic rings. The standard InChI is InChI=1S/C9H12F2N4O/c1-2-12-8-5-13-6(3-14-8)9(16)15-4-7(10)11/h3,5,7H,2,4H2,1H3,(H,12,14)(H,15,16). The number of nitrogens with zero attached hydrogens (tertiary/aromatic N) is 2. The lowest BCUT2D eigenvalue weighted by Gasteiger charge is -2.04. The first-order chi connectivity index (χ1) is 7.63. The summed E-state index contributed by atoms with van der Waals surface area (Å²) < 4.78 is 23.6. The van der Waals surface area contributed by atoms with Crippen LogP contribution in [0, 0.1) is 0 Å². The fourth-order valence-corrected chi connectivity index (χ4v) is 0.978. The van der Waals surface area contributed by atoms with E-state index in [9.17, 15) is 13.6 Å². The molecule has 1 rings (SSSR count). The van der Waals surface area contributed by atoms with E-state index in [-0.39, 0.29) is 5.69 Å². The summed E-state index contributed by atoms with van der Waals surface area (Å²) in [6.45, 7) is 1.89. The SMILES string of the molecule is CCNc1cnc(C(=O)NCC(F)F)cn1. The van der Waals surface area contributed by atoms with E-state index in [1.165, 1.54) is 12.4 Å². The minimum Gasteiger partial charge on any atom is -0.369 e. The van der Waals surface area contributed by atoms with E-state index in [0.29, 0.717) is 12.4 Å². The van der Waals surface area contributed by atoms with Crippen LogP contribution in [0.4, 0.5) is 14.6 Å². The number of anilines is 1. The second kappa shape index (κ2) is 5.94. The van der Waals surface area contributed by atoms with Gasteiger partial charge in [0.15, 0.2) is 0 Å². The van der Waals surface area contributed by atoms with E-state index in [0.717, 1.165) is 0 Å². The molecule has 0 spiro atoms. The third kappa shape index (κ3) is 3.76. The molecule has 16 heavy (non-hydrogen) atoms. The van der Waals surface area contributed by atoms with E-state index < -0.39 is 18.9 Å². The minimum atomic E-state index is -2.57. The molecule has 0 aliphatic heterocycles. The summed E-state index contributed by atoms with van der Waals surface area (Å²) >= 11 is 0. The van der Waals surface area contributed by atoms with E-state index in [2.05, 4.69) is 15.3 Å². The Kier molecular flexibility index (Phi) is 4.56. The van der Waals surface area contributed by atoms with Gasteiger partial charge in [0.05, 0.1) is 18.9 Å². The molecule has 7 heteroatoms. The van der Waals surface area contributed by atoms with Crippen LogP contribution in [0.25, 0.3) is 0 Å². The average Bonchev–Trinajstić information content (AvgIpc) is 2.27. The molecule has 1 heterocycles. The monoisotopic (exact) mass is 230 g/mol. The highest BCUT2D eigenvalue weighted by Gasteiger charge is 2.10. The van der Waals surface area contributed by atoms with Crippen LogP contribution in [-0.4, -0.2) is 35.4 Å². The van der Waals surface area contributed by atoms with Crippen LogP contribution in [0.2, 0.25) is 0 Å². The number of hydrogen-bond acceptors (Lipinski definition) is 4. The summed E-state index contributed by atoms with van der Waals surface area (Å²) in [7, 11) is 0. The number of carbonyl (C=O) groups excluding carboxylic acids is 1. The Hall–Kier alpha value is -1.79. The number of amides is 1. The summed E-state index contributed by atoms with van der Waals surface area (Å²) in [5.41, 5.74) is 0.0160. The Morgan fingerprint density at radius 1 is 1.44 bits per heavy atom. The Morgan fingerprint density at radius 2 is 2.19 bits per heavy atom. The van der Waals surface area contributed by atoms with Crippen LogP contribution in [-0.2, 0) is 0 Å². The molecule has 1 aromatic rings. The van der Waals surface area contributed by atoms with Gasteiger partial charge in [0.2, 0.25) is 0 Å². The van der Waals surface area contributed by atoms with Crippen molar-refractivity contribution in [2.75, 3.05) is 18.4 Å². The van der Waals surface area contributed by atoms with Crippen molar-refractivity contribution in [2.24, 2.45) is 0 Å². The van der Waals surface area contributed by atoms with Crippen LogP contribution in [0.15, 0.2) is 12.4 Å². The maximum atomic E-state index is 11.8. The van der Waals surface area contributed by atoms with Crippen molar-refractivity contribution in [3.8, 4) is 0 Å². The summed E-state index contributed by atoms with van der Waals surface area (Å²) in [6.07, 6.45) is 0.0393. The average molecular weight is 230 g/mol. The second-order valence-corrected chi connectivity index (χ2v) is 2.92. The zero-order valence-electron chi connectivity index (χ0n) is 8.70. The number of aromatic nitrogens is 2. The zero-order chi connectivity index (χ0) is 12.0. The number of halogens is 2. The van der Waals surface area contributed by atoms with Crippen molar-refractivity contribution < 1.29 is 13.6 Å². The topological polar surface area (TPSA) is 66.9 Å². The molecule has 0 aromatic carbocycles. The van der Waals surface area contributed by atoms with Gasteiger partial charge in [-0.3, -0.25) is 4.79 Å². The van der Waals surface area contributed by atoms with Crippen molar-refractivity contribution in [3.05, 3.63) is 18.1 Å². The highest BCUT2D eigenvalue weighted by atomic mass is 19.3. The van der Waals surface area contributed by atoms with Crippen LogP contribution < -0.4 is 10.6 Å². The molecule has 0 unspecified atom stereocenters. The second-order valence-electron chi connectivity index (χ2n) is 2.92. The maximum Gasteiger partial charge on any atom is 0.271 e. The van der Waals surface area contributed by atoms with Gasteiger partial charge in [-0.25, -0.2) is 18.7 Å². The first-order valence-electron chi connectivity index (χ1n) is 4.75. The molecule has 0 atom stereocenters. The zero-order valence-corrected chi connectivity index (χ0v) is 8.70. The normalized spacial score (nSPS) is 10.2. The number of carbonyl (C=O) groups is 1.